The Bertz CT molecular complexity index is 577. The minimum atomic E-state index is 0.123. The van der Waals surface area contributed by atoms with Crippen molar-refractivity contribution in [2.24, 2.45) is 0 Å². The SMILES string of the molecule is CCOc1cccc(C(NC)c2cc(CC)nn2CC)c1. The molecule has 1 heterocycles. The van der Waals surface area contributed by atoms with E-state index in [1.54, 1.807) is 0 Å². The largest absolute Gasteiger partial charge is 0.494 e. The third-order valence-corrected chi connectivity index (χ3v) is 3.61. The van der Waals surface area contributed by atoms with E-state index in [1.165, 1.54) is 11.3 Å². The lowest BCUT2D eigenvalue weighted by molar-refractivity contribution is 0.339. The topological polar surface area (TPSA) is 39.1 Å². The number of rotatable bonds is 7. The average Bonchev–Trinajstić information content (AvgIpc) is 2.92. The van der Waals surface area contributed by atoms with E-state index in [-0.39, 0.29) is 6.04 Å². The quantitative estimate of drug-likeness (QED) is 0.850. The highest BCUT2D eigenvalue weighted by Crippen LogP contribution is 2.26. The van der Waals surface area contributed by atoms with E-state index in [9.17, 15) is 0 Å². The first-order valence-electron chi connectivity index (χ1n) is 7.70. The summed E-state index contributed by atoms with van der Waals surface area (Å²) in [7, 11) is 1.98. The Morgan fingerprint density at radius 3 is 2.67 bits per heavy atom. The van der Waals surface area contributed by atoms with Gasteiger partial charge in [0, 0.05) is 6.54 Å². The van der Waals surface area contributed by atoms with Crippen molar-refractivity contribution in [2.75, 3.05) is 13.7 Å². The van der Waals surface area contributed by atoms with Gasteiger partial charge in [0.2, 0.25) is 0 Å². The number of aromatic nitrogens is 2. The normalized spacial score (nSPS) is 12.4. The first kappa shape index (κ1) is 15.6. The van der Waals surface area contributed by atoms with Crippen LogP contribution >= 0.6 is 0 Å². The Morgan fingerprint density at radius 1 is 1.24 bits per heavy atom. The van der Waals surface area contributed by atoms with Crippen LogP contribution < -0.4 is 10.1 Å². The Labute approximate surface area is 127 Å². The summed E-state index contributed by atoms with van der Waals surface area (Å²) in [5, 5.41) is 8.05. The highest BCUT2D eigenvalue weighted by Gasteiger charge is 2.18. The maximum atomic E-state index is 5.61. The van der Waals surface area contributed by atoms with Crippen molar-refractivity contribution >= 4 is 0 Å². The van der Waals surface area contributed by atoms with Crippen molar-refractivity contribution in [1.29, 1.82) is 0 Å². The van der Waals surface area contributed by atoms with E-state index in [1.807, 2.05) is 26.1 Å². The van der Waals surface area contributed by atoms with Gasteiger partial charge in [0.25, 0.3) is 0 Å². The van der Waals surface area contributed by atoms with Crippen molar-refractivity contribution in [1.82, 2.24) is 15.1 Å². The lowest BCUT2D eigenvalue weighted by Gasteiger charge is -2.18. The summed E-state index contributed by atoms with van der Waals surface area (Å²) in [5.41, 5.74) is 3.53. The van der Waals surface area contributed by atoms with E-state index < -0.39 is 0 Å². The van der Waals surface area contributed by atoms with Gasteiger partial charge in [-0.05, 0) is 51.1 Å². The summed E-state index contributed by atoms with van der Waals surface area (Å²) in [6, 6.07) is 10.6. The van der Waals surface area contributed by atoms with E-state index >= 15 is 0 Å². The van der Waals surface area contributed by atoms with Crippen LogP contribution in [0.2, 0.25) is 0 Å². The molecule has 1 aromatic carbocycles. The van der Waals surface area contributed by atoms with Crippen LogP contribution in [0.25, 0.3) is 0 Å². The maximum Gasteiger partial charge on any atom is 0.119 e. The second-order valence-electron chi connectivity index (χ2n) is 4.96. The Morgan fingerprint density at radius 2 is 2.05 bits per heavy atom. The smallest absolute Gasteiger partial charge is 0.119 e. The lowest BCUT2D eigenvalue weighted by Crippen LogP contribution is -2.21. The van der Waals surface area contributed by atoms with Crippen LogP contribution in [0.4, 0.5) is 0 Å². The number of ether oxygens (including phenoxy) is 1. The van der Waals surface area contributed by atoms with Crippen LogP contribution in [0.3, 0.4) is 0 Å². The zero-order chi connectivity index (χ0) is 15.2. The number of hydrogen-bond acceptors (Lipinski definition) is 3. The Hall–Kier alpha value is -1.81. The molecule has 0 fully saturated rings. The highest BCUT2D eigenvalue weighted by molar-refractivity contribution is 5.35. The van der Waals surface area contributed by atoms with Crippen LogP contribution in [0.15, 0.2) is 30.3 Å². The molecule has 1 aromatic heterocycles. The van der Waals surface area contributed by atoms with E-state index in [0.717, 1.165) is 24.4 Å². The molecule has 4 nitrogen and oxygen atoms in total. The second kappa shape index (κ2) is 7.27. The van der Waals surface area contributed by atoms with Gasteiger partial charge in [-0.15, -0.1) is 0 Å². The van der Waals surface area contributed by atoms with Crippen LogP contribution in [-0.2, 0) is 13.0 Å². The first-order valence-corrected chi connectivity index (χ1v) is 7.70. The molecule has 21 heavy (non-hydrogen) atoms. The average molecular weight is 287 g/mol. The van der Waals surface area contributed by atoms with Crippen molar-refractivity contribution < 1.29 is 4.74 Å². The van der Waals surface area contributed by atoms with Crippen molar-refractivity contribution in [3.63, 3.8) is 0 Å². The predicted molar refractivity (Wildman–Crippen MR) is 85.8 cm³/mol. The highest BCUT2D eigenvalue weighted by atomic mass is 16.5. The zero-order valence-electron chi connectivity index (χ0n) is 13.4. The first-order chi connectivity index (χ1) is 10.2. The molecule has 0 saturated carbocycles. The molecule has 1 unspecified atom stereocenters. The van der Waals surface area contributed by atoms with Crippen LogP contribution in [0.1, 0.15) is 43.8 Å². The lowest BCUT2D eigenvalue weighted by atomic mass is 10.0. The molecule has 2 rings (SSSR count). The van der Waals surface area contributed by atoms with Crippen molar-refractivity contribution in [3.8, 4) is 5.75 Å². The fourth-order valence-electron chi connectivity index (χ4n) is 2.58. The molecule has 0 bridgehead atoms. The number of hydrogen-bond donors (Lipinski definition) is 1. The van der Waals surface area contributed by atoms with E-state index in [0.29, 0.717) is 6.61 Å². The molecule has 0 amide bonds. The molecular formula is C17H25N3O. The van der Waals surface area contributed by atoms with Crippen LogP contribution in [0, 0.1) is 0 Å². The molecule has 114 valence electrons. The van der Waals surface area contributed by atoms with Gasteiger partial charge in [0.05, 0.1) is 24.0 Å². The van der Waals surface area contributed by atoms with Gasteiger partial charge in [0.15, 0.2) is 0 Å². The van der Waals surface area contributed by atoms with Gasteiger partial charge in [-0.3, -0.25) is 4.68 Å². The third-order valence-electron chi connectivity index (χ3n) is 3.61. The molecule has 4 heteroatoms. The number of nitrogens with zero attached hydrogens (tertiary/aromatic N) is 2. The van der Waals surface area contributed by atoms with Gasteiger partial charge >= 0.3 is 0 Å². The van der Waals surface area contributed by atoms with Gasteiger partial charge in [-0.1, -0.05) is 19.1 Å². The molecular weight excluding hydrogens is 262 g/mol. The summed E-state index contributed by atoms with van der Waals surface area (Å²) >= 11 is 0. The number of aryl methyl sites for hydroxylation is 2. The maximum absolute atomic E-state index is 5.61. The molecule has 0 spiro atoms. The minimum absolute atomic E-state index is 0.123. The van der Waals surface area contributed by atoms with Crippen molar-refractivity contribution in [2.45, 2.75) is 39.8 Å². The van der Waals surface area contributed by atoms with E-state index in [4.69, 9.17) is 4.74 Å². The van der Waals surface area contributed by atoms with Gasteiger partial charge in [0.1, 0.15) is 5.75 Å². The molecule has 0 saturated heterocycles. The number of nitrogens with one attached hydrogen (secondary N) is 1. The molecule has 1 N–H and O–H groups in total. The Kier molecular flexibility index (Phi) is 5.39. The molecule has 2 aromatic rings. The molecule has 0 radical (unpaired) electrons. The monoisotopic (exact) mass is 287 g/mol. The fraction of sp³-hybridized carbons (Fsp3) is 0.471. The summed E-state index contributed by atoms with van der Waals surface area (Å²) in [6.45, 7) is 7.82. The fourth-order valence-corrected chi connectivity index (χ4v) is 2.58. The van der Waals surface area contributed by atoms with Crippen LogP contribution in [-0.4, -0.2) is 23.4 Å². The zero-order valence-corrected chi connectivity index (χ0v) is 13.4. The van der Waals surface area contributed by atoms with Gasteiger partial charge in [-0.2, -0.15) is 5.10 Å². The van der Waals surface area contributed by atoms with Gasteiger partial charge < -0.3 is 10.1 Å². The predicted octanol–water partition coefficient (Wildman–Crippen LogP) is 3.17. The molecule has 0 aliphatic carbocycles. The Balaban J connectivity index is 2.39. The third kappa shape index (κ3) is 3.45. The summed E-state index contributed by atoms with van der Waals surface area (Å²) < 4.78 is 7.69. The van der Waals surface area contributed by atoms with E-state index in [2.05, 4.69) is 47.1 Å². The summed E-state index contributed by atoms with van der Waals surface area (Å²) in [5.74, 6) is 0.911. The molecule has 0 aliphatic heterocycles. The van der Waals surface area contributed by atoms with Crippen molar-refractivity contribution in [3.05, 3.63) is 47.3 Å². The second-order valence-corrected chi connectivity index (χ2v) is 4.96. The minimum Gasteiger partial charge on any atom is -0.494 e. The molecule has 0 aliphatic rings. The molecule has 1 atom stereocenters. The van der Waals surface area contributed by atoms with Gasteiger partial charge in [-0.25, -0.2) is 0 Å². The van der Waals surface area contributed by atoms with Crippen LogP contribution in [0.5, 0.6) is 5.75 Å². The summed E-state index contributed by atoms with van der Waals surface area (Å²) in [6.07, 6.45) is 0.954. The standard InChI is InChI=1S/C17H25N3O/c1-5-14-12-16(20(6-2)19-14)17(18-4)13-9-8-10-15(11-13)21-7-3/h8-12,17-18H,5-7H2,1-4H3. The summed E-state index contributed by atoms with van der Waals surface area (Å²) in [4.78, 5) is 0. The number of benzene rings is 1.